The van der Waals surface area contributed by atoms with E-state index in [0.717, 1.165) is 12.1 Å². The summed E-state index contributed by atoms with van der Waals surface area (Å²) in [5, 5.41) is 11.0. The van der Waals surface area contributed by atoms with E-state index in [2.05, 4.69) is 21.2 Å². The van der Waals surface area contributed by atoms with E-state index in [1.54, 1.807) is 0 Å². The molecule has 1 amide bonds. The van der Waals surface area contributed by atoms with Gasteiger partial charge in [0.05, 0.1) is 6.04 Å². The molecule has 0 aliphatic carbocycles. The molecule has 0 radical (unpaired) electrons. The summed E-state index contributed by atoms with van der Waals surface area (Å²) >= 11 is 2.97. The van der Waals surface area contributed by atoms with Gasteiger partial charge in [-0.2, -0.15) is 0 Å². The second-order valence-electron chi connectivity index (χ2n) is 4.79. The summed E-state index contributed by atoms with van der Waals surface area (Å²) in [6.07, 6.45) is -0.692. The van der Waals surface area contributed by atoms with Crippen molar-refractivity contribution >= 4 is 22.0 Å². The van der Waals surface area contributed by atoms with Gasteiger partial charge in [0, 0.05) is 4.47 Å². The lowest BCUT2D eigenvalue weighted by Crippen LogP contribution is -2.39. The Labute approximate surface area is 124 Å². The van der Waals surface area contributed by atoms with Crippen LogP contribution >= 0.6 is 15.9 Å². The fourth-order valence-electron chi connectivity index (χ4n) is 1.76. The van der Waals surface area contributed by atoms with Gasteiger partial charge in [-0.25, -0.2) is 13.6 Å². The van der Waals surface area contributed by atoms with Crippen LogP contribution in [0.25, 0.3) is 0 Å². The number of carbonyl (C=O) groups is 1. The molecule has 1 unspecified atom stereocenters. The zero-order valence-corrected chi connectivity index (χ0v) is 12.7. The number of hydrogen-bond donors (Lipinski definition) is 2. The van der Waals surface area contributed by atoms with Gasteiger partial charge in [-0.3, -0.25) is 0 Å². The molecule has 4 nitrogen and oxygen atoms in total. The van der Waals surface area contributed by atoms with Crippen LogP contribution in [0.15, 0.2) is 16.6 Å². The van der Waals surface area contributed by atoms with Crippen LogP contribution in [0.5, 0.6) is 5.75 Å². The number of amides is 1. The number of hydrogen-bond acceptors (Lipinski definition) is 2. The summed E-state index contributed by atoms with van der Waals surface area (Å²) in [5.41, 5.74) is 0. The summed E-state index contributed by atoms with van der Waals surface area (Å²) < 4.78 is 32.5. The second kappa shape index (κ2) is 7.42. The highest BCUT2D eigenvalue weighted by Crippen LogP contribution is 2.26. The van der Waals surface area contributed by atoms with Crippen LogP contribution in [0.4, 0.5) is 13.6 Å². The Morgan fingerprint density at radius 2 is 1.95 bits per heavy atom. The first kappa shape index (κ1) is 16.7. The second-order valence-corrected chi connectivity index (χ2v) is 5.70. The molecule has 1 aromatic rings. The zero-order chi connectivity index (χ0) is 15.3. The summed E-state index contributed by atoms with van der Waals surface area (Å²) in [6.45, 7) is 3.69. The quantitative estimate of drug-likeness (QED) is 0.819. The Balaban J connectivity index is 2.74. The molecule has 0 bridgehead atoms. The van der Waals surface area contributed by atoms with Gasteiger partial charge in [0.15, 0.2) is 17.4 Å². The Morgan fingerprint density at radius 3 is 2.40 bits per heavy atom. The molecular weight excluding hydrogens is 336 g/mol. The molecular formula is C13H16BrF2NO3. The molecule has 1 atom stereocenters. The monoisotopic (exact) mass is 351 g/mol. The number of benzene rings is 1. The van der Waals surface area contributed by atoms with Crippen molar-refractivity contribution in [3.05, 3.63) is 28.2 Å². The molecule has 0 aromatic heterocycles. The molecule has 2 N–H and O–H groups in total. The number of halogens is 3. The highest BCUT2D eigenvalue weighted by molar-refractivity contribution is 9.10. The molecule has 20 heavy (non-hydrogen) atoms. The summed E-state index contributed by atoms with van der Waals surface area (Å²) in [5.74, 6) is -1.96. The smallest absolute Gasteiger partial charge is 0.404 e. The third-order valence-corrected chi connectivity index (χ3v) is 2.93. The third kappa shape index (κ3) is 5.32. The number of carboxylic acid groups (broad SMARTS) is 1. The van der Waals surface area contributed by atoms with Crippen molar-refractivity contribution < 1.29 is 23.4 Å². The molecule has 0 heterocycles. The summed E-state index contributed by atoms with van der Waals surface area (Å²) in [7, 11) is 0. The van der Waals surface area contributed by atoms with E-state index >= 15 is 0 Å². The van der Waals surface area contributed by atoms with Gasteiger partial charge in [0.1, 0.15) is 6.61 Å². The minimum absolute atomic E-state index is 0.139. The molecule has 112 valence electrons. The minimum atomic E-state index is -1.20. The van der Waals surface area contributed by atoms with Crippen LogP contribution in [0, 0.1) is 17.6 Å². The molecule has 0 aliphatic heterocycles. The van der Waals surface area contributed by atoms with Gasteiger partial charge >= 0.3 is 6.09 Å². The van der Waals surface area contributed by atoms with E-state index in [0.29, 0.717) is 6.42 Å². The lowest BCUT2D eigenvalue weighted by molar-refractivity contribution is 0.174. The fraction of sp³-hybridized carbons (Fsp3) is 0.462. The van der Waals surface area contributed by atoms with E-state index in [-0.39, 0.29) is 17.0 Å². The Morgan fingerprint density at radius 1 is 1.40 bits per heavy atom. The van der Waals surface area contributed by atoms with Crippen molar-refractivity contribution in [2.45, 2.75) is 26.3 Å². The van der Waals surface area contributed by atoms with Crippen LogP contribution in [-0.4, -0.2) is 23.8 Å². The molecule has 0 saturated carbocycles. The highest BCUT2D eigenvalue weighted by atomic mass is 79.9. The fourth-order valence-corrected chi connectivity index (χ4v) is 2.17. The minimum Gasteiger partial charge on any atom is -0.485 e. The lowest BCUT2D eigenvalue weighted by atomic mass is 10.0. The largest absolute Gasteiger partial charge is 0.485 e. The van der Waals surface area contributed by atoms with Crippen molar-refractivity contribution in [3.8, 4) is 5.75 Å². The van der Waals surface area contributed by atoms with E-state index in [1.165, 1.54) is 0 Å². The molecule has 0 fully saturated rings. The van der Waals surface area contributed by atoms with Crippen molar-refractivity contribution in [2.24, 2.45) is 5.92 Å². The predicted molar refractivity (Wildman–Crippen MR) is 74.0 cm³/mol. The SMILES string of the molecule is CC(C)CC(COc1c(F)cc(Br)cc1F)NC(=O)O. The lowest BCUT2D eigenvalue weighted by Gasteiger charge is -2.19. The third-order valence-electron chi connectivity index (χ3n) is 2.48. The number of nitrogens with one attached hydrogen (secondary N) is 1. The predicted octanol–water partition coefficient (Wildman–Crippen LogP) is 3.79. The Bertz CT molecular complexity index is 460. The van der Waals surface area contributed by atoms with Crippen molar-refractivity contribution in [1.82, 2.24) is 5.32 Å². The van der Waals surface area contributed by atoms with E-state index in [1.807, 2.05) is 13.8 Å². The first-order valence-corrected chi connectivity index (χ1v) is 6.85. The maximum absolute atomic E-state index is 13.6. The normalized spacial score (nSPS) is 12.3. The molecule has 0 saturated heterocycles. The van der Waals surface area contributed by atoms with Gasteiger partial charge in [0.25, 0.3) is 0 Å². The van der Waals surface area contributed by atoms with E-state index in [4.69, 9.17) is 9.84 Å². The Kier molecular flexibility index (Phi) is 6.19. The zero-order valence-electron chi connectivity index (χ0n) is 11.1. The molecule has 0 spiro atoms. The van der Waals surface area contributed by atoms with E-state index < -0.39 is 29.5 Å². The van der Waals surface area contributed by atoms with Crippen molar-refractivity contribution in [3.63, 3.8) is 0 Å². The topological polar surface area (TPSA) is 58.6 Å². The van der Waals surface area contributed by atoms with Gasteiger partial charge in [0.2, 0.25) is 0 Å². The maximum atomic E-state index is 13.6. The van der Waals surface area contributed by atoms with Crippen LogP contribution < -0.4 is 10.1 Å². The van der Waals surface area contributed by atoms with Crippen LogP contribution in [0.3, 0.4) is 0 Å². The summed E-state index contributed by atoms with van der Waals surface area (Å²) in [6, 6.07) is 1.64. The molecule has 7 heteroatoms. The first-order valence-electron chi connectivity index (χ1n) is 6.06. The first-order chi connectivity index (χ1) is 9.29. The van der Waals surface area contributed by atoms with Crippen molar-refractivity contribution in [1.29, 1.82) is 0 Å². The van der Waals surface area contributed by atoms with Gasteiger partial charge in [-0.05, 0) is 24.5 Å². The number of rotatable bonds is 6. The van der Waals surface area contributed by atoms with Crippen LogP contribution in [-0.2, 0) is 0 Å². The summed E-state index contributed by atoms with van der Waals surface area (Å²) in [4.78, 5) is 10.7. The maximum Gasteiger partial charge on any atom is 0.404 e. The van der Waals surface area contributed by atoms with Crippen molar-refractivity contribution in [2.75, 3.05) is 6.61 Å². The van der Waals surface area contributed by atoms with Gasteiger partial charge in [-0.1, -0.05) is 29.8 Å². The Hall–Kier alpha value is -1.37. The molecule has 1 aromatic carbocycles. The highest BCUT2D eigenvalue weighted by Gasteiger charge is 2.17. The van der Waals surface area contributed by atoms with Crippen LogP contribution in [0.2, 0.25) is 0 Å². The standard InChI is InChI=1S/C13H16BrF2NO3/c1-7(2)3-9(17-13(18)19)6-20-12-10(15)4-8(14)5-11(12)16/h4-5,7,9,17H,3,6H2,1-2H3,(H,18,19). The molecule has 0 aliphatic rings. The average Bonchev–Trinajstić information content (AvgIpc) is 2.25. The van der Waals surface area contributed by atoms with Gasteiger partial charge < -0.3 is 15.2 Å². The average molecular weight is 352 g/mol. The van der Waals surface area contributed by atoms with E-state index in [9.17, 15) is 13.6 Å². The van der Waals surface area contributed by atoms with Crippen LogP contribution in [0.1, 0.15) is 20.3 Å². The van der Waals surface area contributed by atoms with Gasteiger partial charge in [-0.15, -0.1) is 0 Å². The molecule has 1 rings (SSSR count). The number of ether oxygens (including phenoxy) is 1.